The minimum atomic E-state index is 0.620. The van der Waals surface area contributed by atoms with Crippen molar-refractivity contribution in [1.82, 2.24) is 4.98 Å². The van der Waals surface area contributed by atoms with Gasteiger partial charge < -0.3 is 5.73 Å². The van der Waals surface area contributed by atoms with Crippen LogP contribution in [-0.4, -0.2) is 4.98 Å². The fraction of sp³-hybridized carbons (Fsp3) is 0.357. The number of thiazole rings is 1. The standard InChI is InChI=1S/C14H16N2S/c1-9-3-2-4-11(7-9)14-16-13(10-5-6-10)12(8-15)17-14/h2-4,7,10H,5-6,8,15H2,1H3. The first-order chi connectivity index (χ1) is 8.28. The highest BCUT2D eigenvalue weighted by Gasteiger charge is 2.29. The lowest BCUT2D eigenvalue weighted by Crippen LogP contribution is -1.96. The summed E-state index contributed by atoms with van der Waals surface area (Å²) in [5.74, 6) is 0.684. The van der Waals surface area contributed by atoms with Crippen LogP contribution in [0.5, 0.6) is 0 Å². The number of nitrogens with two attached hydrogens (primary N) is 1. The van der Waals surface area contributed by atoms with Crippen LogP contribution in [0.15, 0.2) is 24.3 Å². The fourth-order valence-electron chi connectivity index (χ4n) is 2.09. The molecule has 2 N–H and O–H groups in total. The van der Waals surface area contributed by atoms with Gasteiger partial charge in [-0.3, -0.25) is 0 Å². The van der Waals surface area contributed by atoms with Crippen molar-refractivity contribution < 1.29 is 0 Å². The Kier molecular flexibility index (Phi) is 2.73. The minimum Gasteiger partial charge on any atom is -0.326 e. The van der Waals surface area contributed by atoms with E-state index in [-0.39, 0.29) is 0 Å². The van der Waals surface area contributed by atoms with E-state index in [0.717, 1.165) is 5.01 Å². The van der Waals surface area contributed by atoms with Crippen LogP contribution >= 0.6 is 11.3 Å². The first kappa shape index (κ1) is 10.9. The average molecular weight is 244 g/mol. The van der Waals surface area contributed by atoms with Gasteiger partial charge in [-0.1, -0.05) is 23.8 Å². The van der Waals surface area contributed by atoms with E-state index >= 15 is 0 Å². The molecule has 0 atom stereocenters. The Morgan fingerprint density at radius 1 is 1.41 bits per heavy atom. The summed E-state index contributed by atoms with van der Waals surface area (Å²) >= 11 is 1.75. The molecular weight excluding hydrogens is 228 g/mol. The van der Waals surface area contributed by atoms with Crippen molar-refractivity contribution in [2.75, 3.05) is 0 Å². The van der Waals surface area contributed by atoms with Crippen molar-refractivity contribution in [1.29, 1.82) is 0 Å². The zero-order chi connectivity index (χ0) is 11.8. The Morgan fingerprint density at radius 2 is 2.24 bits per heavy atom. The van der Waals surface area contributed by atoms with Crippen LogP contribution in [0.4, 0.5) is 0 Å². The normalized spacial score (nSPS) is 15.2. The van der Waals surface area contributed by atoms with E-state index < -0.39 is 0 Å². The average Bonchev–Trinajstić information content (AvgIpc) is 3.08. The Balaban J connectivity index is 2.03. The van der Waals surface area contributed by atoms with E-state index in [1.807, 2.05) is 0 Å². The van der Waals surface area contributed by atoms with Crippen LogP contribution in [0.2, 0.25) is 0 Å². The Labute approximate surface area is 106 Å². The zero-order valence-corrected chi connectivity index (χ0v) is 10.8. The van der Waals surface area contributed by atoms with E-state index in [1.54, 1.807) is 11.3 Å². The molecule has 2 aromatic rings. The van der Waals surface area contributed by atoms with Crippen molar-refractivity contribution in [2.45, 2.75) is 32.2 Å². The molecule has 2 nitrogen and oxygen atoms in total. The minimum absolute atomic E-state index is 0.620. The fourth-order valence-corrected chi connectivity index (χ4v) is 3.11. The maximum Gasteiger partial charge on any atom is 0.123 e. The van der Waals surface area contributed by atoms with Crippen molar-refractivity contribution in [3.05, 3.63) is 40.4 Å². The van der Waals surface area contributed by atoms with Gasteiger partial charge in [0, 0.05) is 22.9 Å². The van der Waals surface area contributed by atoms with Gasteiger partial charge in [-0.15, -0.1) is 11.3 Å². The lowest BCUT2D eigenvalue weighted by Gasteiger charge is -1.97. The van der Waals surface area contributed by atoms with E-state index in [0.29, 0.717) is 12.5 Å². The summed E-state index contributed by atoms with van der Waals surface area (Å²) in [6.07, 6.45) is 2.56. The third-order valence-corrected chi connectivity index (χ3v) is 4.28. The molecule has 0 bridgehead atoms. The highest BCUT2D eigenvalue weighted by molar-refractivity contribution is 7.15. The summed E-state index contributed by atoms with van der Waals surface area (Å²) in [7, 11) is 0. The van der Waals surface area contributed by atoms with Gasteiger partial charge in [0.15, 0.2) is 0 Å². The number of hydrogen-bond acceptors (Lipinski definition) is 3. The Morgan fingerprint density at radius 3 is 2.88 bits per heavy atom. The first-order valence-electron chi connectivity index (χ1n) is 6.04. The number of rotatable bonds is 3. The van der Waals surface area contributed by atoms with Gasteiger partial charge in [-0.05, 0) is 25.8 Å². The third-order valence-electron chi connectivity index (χ3n) is 3.14. The second kappa shape index (κ2) is 4.24. The van der Waals surface area contributed by atoms with E-state index in [1.165, 1.54) is 34.5 Å². The van der Waals surface area contributed by atoms with Crippen LogP contribution in [0.3, 0.4) is 0 Å². The molecule has 17 heavy (non-hydrogen) atoms. The first-order valence-corrected chi connectivity index (χ1v) is 6.86. The molecule has 1 aromatic carbocycles. The summed E-state index contributed by atoms with van der Waals surface area (Å²) in [6, 6.07) is 8.52. The van der Waals surface area contributed by atoms with Gasteiger partial charge in [0.25, 0.3) is 0 Å². The molecule has 0 amide bonds. The van der Waals surface area contributed by atoms with Crippen molar-refractivity contribution in [3.63, 3.8) is 0 Å². The Bertz CT molecular complexity index is 541. The molecule has 1 aliphatic rings. The summed E-state index contributed by atoms with van der Waals surface area (Å²) in [6.45, 7) is 2.73. The van der Waals surface area contributed by atoms with Crippen molar-refractivity contribution in [3.8, 4) is 10.6 Å². The molecule has 0 radical (unpaired) electrons. The summed E-state index contributed by atoms with van der Waals surface area (Å²) in [5, 5.41) is 1.12. The molecule has 0 saturated heterocycles. The van der Waals surface area contributed by atoms with Crippen LogP contribution in [0, 0.1) is 6.92 Å². The van der Waals surface area contributed by atoms with Gasteiger partial charge >= 0.3 is 0 Å². The molecule has 0 spiro atoms. The lowest BCUT2D eigenvalue weighted by molar-refractivity contribution is 0.980. The molecule has 3 rings (SSSR count). The number of benzene rings is 1. The summed E-state index contributed by atoms with van der Waals surface area (Å²) in [5.41, 5.74) is 9.56. The maximum atomic E-state index is 5.81. The second-order valence-corrected chi connectivity index (χ2v) is 5.76. The van der Waals surface area contributed by atoms with Gasteiger partial charge in [0.05, 0.1) is 5.69 Å². The molecule has 1 fully saturated rings. The van der Waals surface area contributed by atoms with Crippen LogP contribution < -0.4 is 5.73 Å². The molecule has 1 aromatic heterocycles. The third kappa shape index (κ3) is 2.13. The smallest absolute Gasteiger partial charge is 0.123 e. The molecule has 3 heteroatoms. The topological polar surface area (TPSA) is 38.9 Å². The molecule has 0 unspecified atom stereocenters. The monoisotopic (exact) mass is 244 g/mol. The van der Waals surface area contributed by atoms with Gasteiger partial charge in [-0.25, -0.2) is 4.98 Å². The highest BCUT2D eigenvalue weighted by atomic mass is 32.1. The van der Waals surface area contributed by atoms with E-state index in [9.17, 15) is 0 Å². The maximum absolute atomic E-state index is 5.81. The van der Waals surface area contributed by atoms with Crippen LogP contribution in [0.1, 0.15) is 34.9 Å². The summed E-state index contributed by atoms with van der Waals surface area (Å²) < 4.78 is 0. The lowest BCUT2D eigenvalue weighted by atomic mass is 10.1. The van der Waals surface area contributed by atoms with E-state index in [4.69, 9.17) is 10.7 Å². The van der Waals surface area contributed by atoms with Gasteiger partial charge in [0.1, 0.15) is 5.01 Å². The zero-order valence-electron chi connectivity index (χ0n) is 9.94. The molecular formula is C14H16N2S. The van der Waals surface area contributed by atoms with E-state index in [2.05, 4.69) is 31.2 Å². The second-order valence-electron chi connectivity index (χ2n) is 4.68. The molecule has 88 valence electrons. The molecule has 1 aliphatic carbocycles. The van der Waals surface area contributed by atoms with Crippen molar-refractivity contribution in [2.24, 2.45) is 5.73 Å². The number of nitrogens with zero attached hydrogens (tertiary/aromatic N) is 1. The van der Waals surface area contributed by atoms with Gasteiger partial charge in [-0.2, -0.15) is 0 Å². The van der Waals surface area contributed by atoms with Gasteiger partial charge in [0.2, 0.25) is 0 Å². The predicted molar refractivity (Wildman–Crippen MR) is 72.2 cm³/mol. The molecule has 0 aliphatic heterocycles. The van der Waals surface area contributed by atoms with Crippen LogP contribution in [0.25, 0.3) is 10.6 Å². The van der Waals surface area contributed by atoms with Crippen LogP contribution in [-0.2, 0) is 6.54 Å². The highest BCUT2D eigenvalue weighted by Crippen LogP contribution is 2.44. The number of aromatic nitrogens is 1. The molecule has 1 saturated carbocycles. The largest absolute Gasteiger partial charge is 0.326 e. The quantitative estimate of drug-likeness (QED) is 0.898. The number of hydrogen-bond donors (Lipinski definition) is 1. The summed E-state index contributed by atoms with van der Waals surface area (Å²) in [4.78, 5) is 6.06. The SMILES string of the molecule is Cc1cccc(-c2nc(C3CC3)c(CN)s2)c1. The predicted octanol–water partition coefficient (Wildman–Crippen LogP) is 3.45. The van der Waals surface area contributed by atoms with Crippen molar-refractivity contribution >= 4 is 11.3 Å². The Hall–Kier alpha value is -1.19. The number of aryl methyl sites for hydroxylation is 1. The molecule has 1 heterocycles.